The van der Waals surface area contributed by atoms with Crippen molar-refractivity contribution in [3.8, 4) is 11.5 Å². The fraction of sp³-hybridized carbons (Fsp3) is 0.286. The molecule has 0 spiro atoms. The van der Waals surface area contributed by atoms with Crippen LogP contribution in [0.25, 0.3) is 0 Å². The Morgan fingerprint density at radius 2 is 1.97 bits per heavy atom. The summed E-state index contributed by atoms with van der Waals surface area (Å²) in [6.07, 6.45) is 0.572. The number of hydrogen-bond donors (Lipinski definition) is 1. The molecule has 3 aromatic rings. The molecule has 0 radical (unpaired) electrons. The van der Waals surface area contributed by atoms with E-state index in [-0.39, 0.29) is 30.5 Å². The van der Waals surface area contributed by atoms with E-state index in [1.54, 1.807) is 31.4 Å². The van der Waals surface area contributed by atoms with Gasteiger partial charge < -0.3 is 14.0 Å². The normalized spacial score (nSPS) is 13.6. The average molecular weight is 458 g/mol. The number of methoxy groups -OCH3 is 1. The predicted molar refractivity (Wildman–Crippen MR) is 114 cm³/mol. The van der Waals surface area contributed by atoms with E-state index < -0.39 is 10.0 Å². The second-order valence-electron chi connectivity index (χ2n) is 7.03. The van der Waals surface area contributed by atoms with Gasteiger partial charge in [-0.1, -0.05) is 24.2 Å². The third-order valence-electron chi connectivity index (χ3n) is 4.92. The molecule has 32 heavy (non-hydrogen) atoms. The van der Waals surface area contributed by atoms with E-state index in [1.807, 2.05) is 6.92 Å². The maximum Gasteiger partial charge on any atom is 0.265 e. The van der Waals surface area contributed by atoms with E-state index in [2.05, 4.69) is 14.9 Å². The molecule has 0 fully saturated rings. The van der Waals surface area contributed by atoms with Crippen molar-refractivity contribution in [3.05, 3.63) is 59.7 Å². The van der Waals surface area contributed by atoms with Crippen LogP contribution in [0.1, 0.15) is 24.2 Å². The van der Waals surface area contributed by atoms with Crippen LogP contribution in [0, 0.1) is 0 Å². The number of hydrogen-bond acceptors (Lipinski definition) is 8. The summed E-state index contributed by atoms with van der Waals surface area (Å²) in [6, 6.07) is 11.4. The third-order valence-corrected chi connectivity index (χ3v) is 6.32. The molecule has 1 aromatic heterocycles. The molecule has 4 rings (SSSR count). The summed E-state index contributed by atoms with van der Waals surface area (Å²) in [5.41, 5.74) is 1.10. The molecule has 10 nitrogen and oxygen atoms in total. The lowest BCUT2D eigenvalue weighted by Crippen LogP contribution is -2.38. The van der Waals surface area contributed by atoms with Crippen LogP contribution in [-0.4, -0.2) is 38.2 Å². The molecule has 1 aliphatic heterocycles. The number of sulfonamides is 1. The number of nitrogens with zero attached hydrogens (tertiary/aromatic N) is 3. The molecule has 0 bridgehead atoms. The zero-order chi connectivity index (χ0) is 22.7. The number of aryl methyl sites for hydroxylation is 1. The second-order valence-corrected chi connectivity index (χ2v) is 8.80. The van der Waals surface area contributed by atoms with Crippen LogP contribution in [0.2, 0.25) is 0 Å². The summed E-state index contributed by atoms with van der Waals surface area (Å²) < 4.78 is 44.0. The van der Waals surface area contributed by atoms with Crippen LogP contribution in [0.15, 0.2) is 51.9 Å². The zero-order valence-electron chi connectivity index (χ0n) is 17.6. The van der Waals surface area contributed by atoms with Gasteiger partial charge in [-0.2, -0.15) is 4.98 Å². The highest BCUT2D eigenvalue weighted by Crippen LogP contribution is 2.35. The summed E-state index contributed by atoms with van der Waals surface area (Å²) in [4.78, 5) is 18.1. The molecule has 11 heteroatoms. The monoisotopic (exact) mass is 458 g/mol. The van der Waals surface area contributed by atoms with Gasteiger partial charge in [0.1, 0.15) is 11.5 Å². The van der Waals surface area contributed by atoms with Crippen LogP contribution in [0.3, 0.4) is 0 Å². The molecule has 0 aliphatic carbocycles. The number of aromatic nitrogens is 2. The number of rotatable bonds is 8. The first-order chi connectivity index (χ1) is 15.4. The van der Waals surface area contributed by atoms with Crippen LogP contribution >= 0.6 is 0 Å². The first kappa shape index (κ1) is 21.8. The number of carbonyl (C=O) groups excluding carboxylic acids is 1. The van der Waals surface area contributed by atoms with Crippen molar-refractivity contribution in [3.63, 3.8) is 0 Å². The van der Waals surface area contributed by atoms with Crippen molar-refractivity contribution < 1.29 is 27.2 Å². The highest BCUT2D eigenvalue weighted by Gasteiger charge is 2.29. The Morgan fingerprint density at radius 1 is 1.19 bits per heavy atom. The zero-order valence-corrected chi connectivity index (χ0v) is 18.4. The van der Waals surface area contributed by atoms with Gasteiger partial charge in [0.25, 0.3) is 5.91 Å². The molecule has 0 saturated carbocycles. The third kappa shape index (κ3) is 4.58. The smallest absolute Gasteiger partial charge is 0.265 e. The van der Waals surface area contributed by atoms with Gasteiger partial charge in [-0.15, -0.1) is 0 Å². The van der Waals surface area contributed by atoms with Gasteiger partial charge in [0.15, 0.2) is 12.4 Å². The van der Waals surface area contributed by atoms with Crippen LogP contribution < -0.4 is 19.1 Å². The average Bonchev–Trinajstić information content (AvgIpc) is 3.27. The lowest BCUT2D eigenvalue weighted by Gasteiger charge is -2.28. The molecule has 0 saturated heterocycles. The Bertz CT molecular complexity index is 1220. The van der Waals surface area contributed by atoms with Crippen LogP contribution in [0.4, 0.5) is 5.69 Å². The standard InChI is InChI=1S/C21H22N4O6S/c1-3-20-23-19(24-31-20)12-25-17-10-16(8-9-18(17)30-13-21(25)26)32(27,28)22-11-14-4-6-15(29-2)7-5-14/h4-10,22H,3,11-13H2,1-2H3. The maximum atomic E-state index is 12.9. The van der Waals surface area contributed by atoms with Crippen molar-refractivity contribution in [2.75, 3.05) is 18.6 Å². The highest BCUT2D eigenvalue weighted by molar-refractivity contribution is 7.89. The van der Waals surface area contributed by atoms with E-state index in [0.717, 1.165) is 5.56 Å². The number of carbonyl (C=O) groups is 1. The van der Waals surface area contributed by atoms with E-state index in [1.165, 1.54) is 23.1 Å². The van der Waals surface area contributed by atoms with E-state index in [9.17, 15) is 13.2 Å². The van der Waals surface area contributed by atoms with Gasteiger partial charge in [0, 0.05) is 13.0 Å². The molecule has 1 amide bonds. The number of anilines is 1. The van der Waals surface area contributed by atoms with Gasteiger partial charge in [0.2, 0.25) is 15.9 Å². The van der Waals surface area contributed by atoms with E-state index in [0.29, 0.717) is 35.3 Å². The van der Waals surface area contributed by atoms with Crippen molar-refractivity contribution in [1.82, 2.24) is 14.9 Å². The highest BCUT2D eigenvalue weighted by atomic mass is 32.2. The maximum absolute atomic E-state index is 12.9. The van der Waals surface area contributed by atoms with Gasteiger partial charge in [-0.25, -0.2) is 13.1 Å². The van der Waals surface area contributed by atoms with Crippen molar-refractivity contribution in [1.29, 1.82) is 0 Å². The number of ether oxygens (including phenoxy) is 2. The Labute approximate surface area is 185 Å². The molecular weight excluding hydrogens is 436 g/mol. The quantitative estimate of drug-likeness (QED) is 0.544. The van der Waals surface area contributed by atoms with Crippen molar-refractivity contribution >= 4 is 21.6 Å². The van der Waals surface area contributed by atoms with Gasteiger partial charge >= 0.3 is 0 Å². The lowest BCUT2D eigenvalue weighted by molar-refractivity contribution is -0.121. The summed E-state index contributed by atoms with van der Waals surface area (Å²) in [5, 5.41) is 3.87. The first-order valence-corrected chi connectivity index (χ1v) is 11.4. The minimum Gasteiger partial charge on any atom is -0.497 e. The van der Waals surface area contributed by atoms with Crippen LogP contribution in [0.5, 0.6) is 11.5 Å². The molecule has 0 unspecified atom stereocenters. The molecule has 1 N–H and O–H groups in total. The van der Waals surface area contributed by atoms with Gasteiger partial charge in [-0.3, -0.25) is 9.69 Å². The Balaban J connectivity index is 1.56. The van der Waals surface area contributed by atoms with Crippen molar-refractivity contribution in [2.45, 2.75) is 31.3 Å². The molecule has 168 valence electrons. The Morgan fingerprint density at radius 3 is 2.66 bits per heavy atom. The molecular formula is C21H22N4O6S. The summed E-state index contributed by atoms with van der Waals surface area (Å²) in [5.74, 6) is 1.54. The molecule has 2 aromatic carbocycles. The van der Waals surface area contributed by atoms with Gasteiger partial charge in [-0.05, 0) is 35.9 Å². The predicted octanol–water partition coefficient (Wildman–Crippen LogP) is 2.04. The molecule has 0 atom stereocenters. The summed E-state index contributed by atoms with van der Waals surface area (Å²) >= 11 is 0. The first-order valence-electron chi connectivity index (χ1n) is 9.91. The molecule has 2 heterocycles. The van der Waals surface area contributed by atoms with Crippen LogP contribution in [-0.2, 0) is 34.3 Å². The lowest BCUT2D eigenvalue weighted by atomic mass is 10.2. The molecule has 1 aliphatic rings. The minimum absolute atomic E-state index is 0.00965. The summed E-state index contributed by atoms with van der Waals surface area (Å²) in [6.45, 7) is 1.86. The van der Waals surface area contributed by atoms with E-state index in [4.69, 9.17) is 14.0 Å². The minimum atomic E-state index is -3.85. The number of benzene rings is 2. The van der Waals surface area contributed by atoms with Crippen molar-refractivity contribution in [2.24, 2.45) is 0 Å². The van der Waals surface area contributed by atoms with E-state index >= 15 is 0 Å². The number of fused-ring (bicyclic) bond motifs is 1. The number of nitrogens with one attached hydrogen (secondary N) is 1. The fourth-order valence-corrected chi connectivity index (χ4v) is 4.20. The largest absolute Gasteiger partial charge is 0.497 e. The second kappa shape index (κ2) is 8.97. The topological polar surface area (TPSA) is 124 Å². The fourth-order valence-electron chi connectivity index (χ4n) is 3.17. The Kier molecular flexibility index (Phi) is 6.10. The Hall–Kier alpha value is -3.44. The summed E-state index contributed by atoms with van der Waals surface area (Å²) in [7, 11) is -2.28. The number of amides is 1. The van der Waals surface area contributed by atoms with Gasteiger partial charge in [0.05, 0.1) is 24.2 Å². The SMILES string of the molecule is CCc1nc(CN2C(=O)COc3ccc(S(=O)(=O)NCc4ccc(OC)cc4)cc32)no1.